The third-order valence-electron chi connectivity index (χ3n) is 8.92. The van der Waals surface area contributed by atoms with Crippen molar-refractivity contribution in [3.63, 3.8) is 0 Å². The van der Waals surface area contributed by atoms with E-state index in [0.29, 0.717) is 19.3 Å². The first kappa shape index (κ1) is 54.0. The van der Waals surface area contributed by atoms with Crippen LogP contribution in [0.3, 0.4) is 0 Å². The molecule has 0 saturated carbocycles. The second-order valence-corrected chi connectivity index (χ2v) is 15.2. The van der Waals surface area contributed by atoms with Crippen LogP contribution in [0.2, 0.25) is 0 Å². The van der Waals surface area contributed by atoms with Crippen LogP contribution in [0, 0.1) is 0 Å². The van der Waals surface area contributed by atoms with Crippen LogP contribution in [0.25, 0.3) is 0 Å². The van der Waals surface area contributed by atoms with Crippen LogP contribution in [0.1, 0.15) is 136 Å². The number of carbonyl (C=O) groups is 3. The van der Waals surface area contributed by atoms with Crippen molar-refractivity contribution in [2.45, 2.75) is 148 Å². The molecule has 0 bridgehead atoms. The van der Waals surface area contributed by atoms with E-state index >= 15 is 0 Å². The van der Waals surface area contributed by atoms with E-state index in [0.717, 1.165) is 96.3 Å². The number of carboxylic acid groups (broad SMARTS) is 1. The highest BCUT2D eigenvalue weighted by molar-refractivity contribution is 5.72. The smallest absolute Gasteiger partial charge is 0.362 e. The monoisotopic (exact) mass is 807 g/mol. The maximum absolute atomic E-state index is 12.7. The number of allylic oxidation sites excluding steroid dienone is 18. The molecule has 0 aliphatic heterocycles. The summed E-state index contributed by atoms with van der Waals surface area (Å²) < 4.78 is 17.2. The Hall–Kier alpha value is -4.01. The molecule has 0 amide bonds. The number of quaternary nitrogens is 1. The van der Waals surface area contributed by atoms with Gasteiger partial charge >= 0.3 is 17.9 Å². The number of unbranched alkanes of at least 4 members (excludes halogenated alkanes) is 5. The van der Waals surface area contributed by atoms with Gasteiger partial charge in [-0.25, -0.2) is 4.79 Å². The number of likely N-dealkylation sites (N-methyl/N-ethyl adjacent to an activating group) is 1. The minimum atomic E-state index is -0.892. The van der Waals surface area contributed by atoms with E-state index in [4.69, 9.17) is 14.2 Å². The van der Waals surface area contributed by atoms with Crippen molar-refractivity contribution in [1.29, 1.82) is 0 Å². The molecule has 0 aromatic heterocycles. The van der Waals surface area contributed by atoms with Crippen LogP contribution in [0.5, 0.6) is 0 Å². The summed E-state index contributed by atoms with van der Waals surface area (Å²) in [6.07, 6.45) is 54.3. The Morgan fingerprint density at radius 1 is 0.517 bits per heavy atom. The van der Waals surface area contributed by atoms with Gasteiger partial charge in [-0.1, -0.05) is 130 Å². The van der Waals surface area contributed by atoms with Crippen molar-refractivity contribution in [1.82, 2.24) is 0 Å². The summed E-state index contributed by atoms with van der Waals surface area (Å²) >= 11 is 0. The highest BCUT2D eigenvalue weighted by Crippen LogP contribution is 2.11. The van der Waals surface area contributed by atoms with Crippen molar-refractivity contribution in [2.24, 2.45) is 0 Å². The quantitative estimate of drug-likeness (QED) is 0.0289. The lowest BCUT2D eigenvalue weighted by atomic mass is 10.1. The Morgan fingerprint density at radius 2 is 0.914 bits per heavy atom. The van der Waals surface area contributed by atoms with Gasteiger partial charge in [0.25, 0.3) is 0 Å². The average Bonchev–Trinajstić information content (AvgIpc) is 3.18. The van der Waals surface area contributed by atoms with Gasteiger partial charge in [0.05, 0.1) is 34.4 Å². The predicted molar refractivity (Wildman–Crippen MR) is 242 cm³/mol. The number of aliphatic carboxylic acids is 1. The lowest BCUT2D eigenvalue weighted by Crippen LogP contribution is -2.50. The number of rotatable bonds is 37. The zero-order valence-corrected chi connectivity index (χ0v) is 36.9. The van der Waals surface area contributed by atoms with Gasteiger partial charge in [0.2, 0.25) is 0 Å². The molecule has 0 saturated heterocycles. The number of carbonyl (C=O) groups excluding carboxylic acids is 2. The molecule has 1 N–H and O–H groups in total. The molecule has 0 rings (SSSR count). The largest absolute Gasteiger partial charge is 0.477 e. The second-order valence-electron chi connectivity index (χ2n) is 15.2. The molecule has 326 valence electrons. The molecule has 8 heteroatoms. The molecule has 2 atom stereocenters. The van der Waals surface area contributed by atoms with E-state index in [1.54, 1.807) is 0 Å². The number of hydrogen-bond donors (Lipinski definition) is 1. The Balaban J connectivity index is 4.44. The molecule has 0 heterocycles. The van der Waals surface area contributed by atoms with Crippen LogP contribution < -0.4 is 0 Å². The van der Waals surface area contributed by atoms with Crippen molar-refractivity contribution in [3.05, 3.63) is 109 Å². The first-order valence-corrected chi connectivity index (χ1v) is 21.9. The van der Waals surface area contributed by atoms with E-state index in [9.17, 15) is 19.5 Å². The van der Waals surface area contributed by atoms with Gasteiger partial charge in [-0.2, -0.15) is 0 Å². The topological polar surface area (TPSA) is 99.1 Å². The minimum Gasteiger partial charge on any atom is -0.477 e. The standard InChI is InChI=1S/C50H79NO7/c1-6-8-10-12-14-16-18-20-21-22-23-24-25-26-27-28-29-31-32-34-36-38-40-48(52)57-45-46(44-56-43-42-47(50(54)55)51(3,4)5)58-49(53)41-39-37-35-33-30-19-17-15-13-11-9-7-2/h8-11,14-17,20-21,23-24,26-27,29-31,33,46-47H,6-7,12-13,18-19,22,25,28,32,34-45H2,1-5H3/p+1/b10-8+,11-9+,16-14+,17-15+,21-20+,24-23+,27-26+,31-29+,33-30+. The van der Waals surface area contributed by atoms with Crippen LogP contribution in [0.4, 0.5) is 0 Å². The van der Waals surface area contributed by atoms with Gasteiger partial charge in [-0.3, -0.25) is 9.59 Å². The lowest BCUT2D eigenvalue weighted by Gasteiger charge is -2.31. The fourth-order valence-electron chi connectivity index (χ4n) is 5.58. The first-order valence-electron chi connectivity index (χ1n) is 21.9. The van der Waals surface area contributed by atoms with E-state index in [2.05, 4.69) is 123 Å². The fraction of sp³-hybridized carbons (Fsp3) is 0.580. The SMILES string of the molecule is CC/C=C/C/C=C/C/C=C/C/C=C/C/C=C/C/C=C/CCCCCC(=O)OCC(COCCC(C(=O)O)[N+](C)(C)C)OC(=O)CCCC/C=C/C/C=C/C/C=C/CC. The first-order chi connectivity index (χ1) is 28.1. The van der Waals surface area contributed by atoms with Gasteiger partial charge in [0.1, 0.15) is 6.61 Å². The summed E-state index contributed by atoms with van der Waals surface area (Å²) in [5.41, 5.74) is 0. The van der Waals surface area contributed by atoms with E-state index in [1.807, 2.05) is 21.1 Å². The number of ether oxygens (including phenoxy) is 3. The Labute approximate surface area is 353 Å². The van der Waals surface area contributed by atoms with E-state index in [-0.39, 0.29) is 42.7 Å². The van der Waals surface area contributed by atoms with E-state index in [1.165, 1.54) is 0 Å². The molecule has 0 radical (unpaired) electrons. The normalized spacial score (nSPS) is 14.0. The Bertz CT molecular complexity index is 1310. The van der Waals surface area contributed by atoms with Crippen molar-refractivity contribution in [2.75, 3.05) is 41.0 Å². The number of nitrogens with zero attached hydrogens (tertiary/aromatic N) is 1. The van der Waals surface area contributed by atoms with Gasteiger partial charge < -0.3 is 23.8 Å². The van der Waals surface area contributed by atoms with Crippen molar-refractivity contribution < 1.29 is 38.2 Å². The van der Waals surface area contributed by atoms with Crippen LogP contribution in [-0.2, 0) is 28.6 Å². The molecule has 0 aromatic rings. The fourth-order valence-corrected chi connectivity index (χ4v) is 5.58. The van der Waals surface area contributed by atoms with Gasteiger partial charge in [0.15, 0.2) is 12.1 Å². The minimum absolute atomic E-state index is 0.0267. The average molecular weight is 807 g/mol. The lowest BCUT2D eigenvalue weighted by molar-refractivity contribution is -0.887. The summed E-state index contributed by atoms with van der Waals surface area (Å²) in [7, 11) is 5.48. The summed E-state index contributed by atoms with van der Waals surface area (Å²) in [6, 6.07) is -0.633. The Kier molecular flexibility index (Phi) is 37.0. The molecule has 58 heavy (non-hydrogen) atoms. The maximum atomic E-state index is 12.7. The summed E-state index contributed by atoms with van der Waals surface area (Å²) in [5.74, 6) is -1.58. The molecule has 8 nitrogen and oxygen atoms in total. The summed E-state index contributed by atoms with van der Waals surface area (Å²) in [5, 5.41) is 9.61. The number of hydrogen-bond acceptors (Lipinski definition) is 6. The molecule has 0 spiro atoms. The van der Waals surface area contributed by atoms with Crippen molar-refractivity contribution in [3.8, 4) is 0 Å². The molecule has 0 aliphatic rings. The van der Waals surface area contributed by atoms with Crippen LogP contribution >= 0.6 is 0 Å². The molecule has 0 aliphatic carbocycles. The van der Waals surface area contributed by atoms with E-state index < -0.39 is 18.1 Å². The van der Waals surface area contributed by atoms with Gasteiger partial charge in [-0.15, -0.1) is 0 Å². The second kappa shape index (κ2) is 39.8. The summed E-state index contributed by atoms with van der Waals surface area (Å²) in [6.45, 7) is 4.39. The highest BCUT2D eigenvalue weighted by Gasteiger charge is 2.31. The molecular weight excluding hydrogens is 727 g/mol. The summed E-state index contributed by atoms with van der Waals surface area (Å²) in [4.78, 5) is 36.9. The molecule has 0 aromatic carbocycles. The van der Waals surface area contributed by atoms with Crippen LogP contribution in [-0.4, -0.2) is 80.6 Å². The zero-order chi connectivity index (χ0) is 42.8. The highest BCUT2D eigenvalue weighted by atomic mass is 16.6. The van der Waals surface area contributed by atoms with Crippen molar-refractivity contribution >= 4 is 17.9 Å². The predicted octanol–water partition coefficient (Wildman–Crippen LogP) is 12.1. The zero-order valence-electron chi connectivity index (χ0n) is 36.9. The molecule has 2 unspecified atom stereocenters. The van der Waals surface area contributed by atoms with Gasteiger partial charge in [0, 0.05) is 19.3 Å². The third-order valence-corrected chi connectivity index (χ3v) is 8.92. The third kappa shape index (κ3) is 37.6. The maximum Gasteiger partial charge on any atom is 0.362 e. The number of esters is 2. The molecular formula is C50H80NO7+. The molecule has 0 fully saturated rings. The number of carboxylic acids is 1. The van der Waals surface area contributed by atoms with Gasteiger partial charge in [-0.05, 0) is 96.3 Å². The Morgan fingerprint density at radius 3 is 1.34 bits per heavy atom. The van der Waals surface area contributed by atoms with Crippen LogP contribution in [0.15, 0.2) is 109 Å².